The Morgan fingerprint density at radius 3 is 2.45 bits per heavy atom. The summed E-state index contributed by atoms with van der Waals surface area (Å²) in [5, 5.41) is 26.8. The number of rotatable bonds is 0. The fourth-order valence-corrected chi connectivity index (χ4v) is 0.922. The smallest absolute Gasteiger partial charge is 0.219 e. The molecule has 0 bridgehead atoms. The van der Waals surface area contributed by atoms with E-state index < -0.39 is 30.4 Å². The first kappa shape index (κ1) is 8.61. The van der Waals surface area contributed by atoms with Crippen LogP contribution in [0.25, 0.3) is 0 Å². The van der Waals surface area contributed by atoms with Crippen molar-refractivity contribution in [2.24, 2.45) is 0 Å². The van der Waals surface area contributed by atoms with Gasteiger partial charge in [0.05, 0.1) is 6.10 Å². The monoisotopic (exact) mass is 162 g/mol. The summed E-state index contributed by atoms with van der Waals surface area (Å²) in [7, 11) is 0. The van der Waals surface area contributed by atoms with Crippen LogP contribution in [0, 0.1) is 0 Å². The summed E-state index contributed by atoms with van der Waals surface area (Å²) in [6.45, 7) is 1.46. The minimum atomic E-state index is -1.61. The van der Waals surface area contributed by atoms with E-state index in [2.05, 4.69) is 4.74 Å². The Balaban J connectivity index is 2.70. The lowest BCUT2D eigenvalue weighted by Crippen LogP contribution is -2.53. The van der Waals surface area contributed by atoms with Gasteiger partial charge in [0, 0.05) is 0 Å². The zero-order chi connectivity index (χ0) is 8.59. The molecule has 1 aliphatic rings. The van der Waals surface area contributed by atoms with E-state index in [0.29, 0.717) is 0 Å². The molecule has 11 heavy (non-hydrogen) atoms. The van der Waals surface area contributed by atoms with Gasteiger partial charge in [-0.25, -0.2) is 0 Å². The van der Waals surface area contributed by atoms with E-state index in [0.717, 1.165) is 0 Å². The Morgan fingerprint density at radius 2 is 1.91 bits per heavy atom. The van der Waals surface area contributed by atoms with Crippen molar-refractivity contribution < 1.29 is 24.9 Å². The first-order valence-electron chi connectivity index (χ1n) is 3.27. The van der Waals surface area contributed by atoms with E-state index in [1.807, 2.05) is 0 Å². The highest BCUT2D eigenvalue weighted by atomic mass is 16.6. The van der Waals surface area contributed by atoms with Crippen LogP contribution in [0.1, 0.15) is 6.92 Å². The first-order valence-corrected chi connectivity index (χ1v) is 3.27. The van der Waals surface area contributed by atoms with Crippen molar-refractivity contribution in [2.75, 3.05) is 0 Å². The van der Waals surface area contributed by atoms with Crippen molar-refractivity contribution in [3.63, 3.8) is 0 Å². The summed E-state index contributed by atoms with van der Waals surface area (Å²) >= 11 is 0. The van der Waals surface area contributed by atoms with Crippen molar-refractivity contribution in [3.05, 3.63) is 0 Å². The molecule has 0 aromatic rings. The minimum absolute atomic E-state index is 0.724. The summed E-state index contributed by atoms with van der Waals surface area (Å²) in [5.41, 5.74) is 0. The van der Waals surface area contributed by atoms with Crippen LogP contribution in [0.15, 0.2) is 0 Å². The third kappa shape index (κ3) is 1.41. The maximum absolute atomic E-state index is 10.7. The van der Waals surface area contributed by atoms with Crippen molar-refractivity contribution in [1.29, 1.82) is 0 Å². The maximum Gasteiger partial charge on any atom is 0.219 e. The van der Waals surface area contributed by atoms with Crippen molar-refractivity contribution in [1.82, 2.24) is 0 Å². The van der Waals surface area contributed by atoms with Gasteiger partial charge in [-0.05, 0) is 6.92 Å². The number of ketones is 1. The molecule has 64 valence electrons. The Morgan fingerprint density at radius 1 is 1.36 bits per heavy atom. The first-order chi connectivity index (χ1) is 5.04. The van der Waals surface area contributed by atoms with Gasteiger partial charge in [-0.1, -0.05) is 0 Å². The Bertz CT molecular complexity index is 168. The second kappa shape index (κ2) is 2.86. The summed E-state index contributed by atoms with van der Waals surface area (Å²) in [5.74, 6) is -0.893. The number of carbonyl (C=O) groups is 1. The van der Waals surface area contributed by atoms with E-state index in [4.69, 9.17) is 15.3 Å². The van der Waals surface area contributed by atoms with E-state index in [-0.39, 0.29) is 0 Å². The molecule has 0 unspecified atom stereocenters. The zero-order valence-electron chi connectivity index (χ0n) is 5.97. The molecular formula is C6H10O5. The molecule has 4 atom stereocenters. The molecule has 0 radical (unpaired) electrons. The number of Topliss-reactive ketones (excluding diaryl/α,β-unsaturated/α-hetero) is 1. The van der Waals surface area contributed by atoms with Gasteiger partial charge in [0.1, 0.15) is 12.2 Å². The topological polar surface area (TPSA) is 87.0 Å². The van der Waals surface area contributed by atoms with Crippen molar-refractivity contribution >= 4 is 5.78 Å². The van der Waals surface area contributed by atoms with Crippen LogP contribution in [-0.2, 0) is 9.53 Å². The Hall–Kier alpha value is -0.490. The van der Waals surface area contributed by atoms with E-state index in [1.54, 1.807) is 0 Å². The summed E-state index contributed by atoms with van der Waals surface area (Å²) in [6.07, 6.45) is -5.11. The van der Waals surface area contributed by atoms with Gasteiger partial charge in [0.2, 0.25) is 12.1 Å². The molecule has 1 saturated heterocycles. The largest absolute Gasteiger partial charge is 0.387 e. The molecule has 1 rings (SSSR count). The quantitative estimate of drug-likeness (QED) is 0.384. The third-order valence-electron chi connectivity index (χ3n) is 1.68. The highest BCUT2D eigenvalue weighted by Crippen LogP contribution is 2.15. The van der Waals surface area contributed by atoms with Crippen molar-refractivity contribution in [3.8, 4) is 0 Å². The predicted octanol–water partition coefficient (Wildman–Crippen LogP) is -1.99. The molecule has 1 fully saturated rings. The van der Waals surface area contributed by atoms with Gasteiger partial charge in [0.25, 0.3) is 0 Å². The van der Waals surface area contributed by atoms with Crippen LogP contribution in [0.3, 0.4) is 0 Å². The standard InChI is InChI=1S/C6H10O5/c1-2-3(7)4(8)5(9)6(10)11-2/h2-4,6-8,10H,1H3/t2-,3-,4+,6+/m1/s1. The van der Waals surface area contributed by atoms with Crippen molar-refractivity contribution in [2.45, 2.75) is 31.5 Å². The molecule has 0 saturated carbocycles. The summed E-state index contributed by atoms with van der Waals surface area (Å²) < 4.78 is 4.58. The molecule has 1 heterocycles. The van der Waals surface area contributed by atoms with Crippen LogP contribution in [0.2, 0.25) is 0 Å². The summed E-state index contributed by atoms with van der Waals surface area (Å²) in [6, 6.07) is 0. The number of hydrogen-bond donors (Lipinski definition) is 3. The van der Waals surface area contributed by atoms with Gasteiger partial charge in [0.15, 0.2) is 0 Å². The average molecular weight is 162 g/mol. The van der Waals surface area contributed by atoms with Gasteiger partial charge in [-0.3, -0.25) is 4.79 Å². The third-order valence-corrected chi connectivity index (χ3v) is 1.68. The number of aliphatic hydroxyl groups is 3. The average Bonchev–Trinajstić information content (AvgIpc) is 1.97. The molecule has 0 aromatic heterocycles. The number of ether oxygens (including phenoxy) is 1. The lowest BCUT2D eigenvalue weighted by atomic mass is 10.0. The Kier molecular flexibility index (Phi) is 2.24. The highest BCUT2D eigenvalue weighted by Gasteiger charge is 2.40. The molecule has 0 aromatic carbocycles. The highest BCUT2D eigenvalue weighted by molar-refractivity contribution is 5.87. The zero-order valence-corrected chi connectivity index (χ0v) is 5.97. The van der Waals surface area contributed by atoms with E-state index in [1.165, 1.54) is 6.92 Å². The number of aliphatic hydroxyl groups excluding tert-OH is 3. The summed E-state index contributed by atoms with van der Waals surface area (Å²) in [4.78, 5) is 10.7. The lowest BCUT2D eigenvalue weighted by molar-refractivity contribution is -0.217. The lowest BCUT2D eigenvalue weighted by Gasteiger charge is -2.31. The van der Waals surface area contributed by atoms with E-state index in [9.17, 15) is 4.79 Å². The van der Waals surface area contributed by atoms with Gasteiger partial charge < -0.3 is 20.1 Å². The van der Waals surface area contributed by atoms with Crippen LogP contribution in [-0.4, -0.2) is 45.7 Å². The molecule has 1 aliphatic heterocycles. The Labute approximate surface area is 63.2 Å². The molecule has 3 N–H and O–H groups in total. The maximum atomic E-state index is 10.7. The van der Waals surface area contributed by atoms with Crippen LogP contribution < -0.4 is 0 Å². The molecule has 5 nitrogen and oxygen atoms in total. The fourth-order valence-electron chi connectivity index (χ4n) is 0.922. The normalized spacial score (nSPS) is 46.0. The van der Waals surface area contributed by atoms with Gasteiger partial charge in [-0.15, -0.1) is 0 Å². The SMILES string of the molecule is C[C@H]1O[C@H](O)C(=O)[C@@H](O)[C@@H]1O. The van der Waals surface area contributed by atoms with Crippen LogP contribution in [0.5, 0.6) is 0 Å². The fraction of sp³-hybridized carbons (Fsp3) is 0.833. The second-order valence-corrected chi connectivity index (χ2v) is 2.53. The molecular weight excluding hydrogens is 152 g/mol. The molecule has 5 heteroatoms. The molecule has 0 amide bonds. The minimum Gasteiger partial charge on any atom is -0.387 e. The number of carbonyl (C=O) groups excluding carboxylic acids is 1. The van der Waals surface area contributed by atoms with Gasteiger partial charge >= 0.3 is 0 Å². The number of hydrogen-bond acceptors (Lipinski definition) is 5. The van der Waals surface area contributed by atoms with Crippen LogP contribution in [0.4, 0.5) is 0 Å². The second-order valence-electron chi connectivity index (χ2n) is 2.53. The van der Waals surface area contributed by atoms with E-state index >= 15 is 0 Å². The van der Waals surface area contributed by atoms with Crippen LogP contribution >= 0.6 is 0 Å². The molecule has 0 spiro atoms. The molecule has 0 aliphatic carbocycles. The predicted molar refractivity (Wildman–Crippen MR) is 33.6 cm³/mol. The van der Waals surface area contributed by atoms with Gasteiger partial charge in [-0.2, -0.15) is 0 Å².